The minimum Gasteiger partial charge on any atom is -0.457 e. The second-order valence-electron chi connectivity index (χ2n) is 4.19. The fourth-order valence-corrected chi connectivity index (χ4v) is 1.90. The summed E-state index contributed by atoms with van der Waals surface area (Å²) in [4.78, 5) is 0. The molecule has 0 atom stereocenters. The Kier molecular flexibility index (Phi) is 4.24. The van der Waals surface area contributed by atoms with E-state index in [1.54, 1.807) is 0 Å². The van der Waals surface area contributed by atoms with Crippen LogP contribution in [0.4, 0.5) is 0 Å². The lowest BCUT2D eigenvalue weighted by atomic mass is 10.1. The van der Waals surface area contributed by atoms with Crippen LogP contribution in [0.5, 0.6) is 11.5 Å². The smallest absolute Gasteiger partial charge is 0.130 e. The van der Waals surface area contributed by atoms with Gasteiger partial charge in [0.15, 0.2) is 0 Å². The lowest BCUT2D eigenvalue weighted by Crippen LogP contribution is -2.05. The molecule has 1 N–H and O–H groups in total. The van der Waals surface area contributed by atoms with Crippen molar-refractivity contribution < 1.29 is 4.74 Å². The summed E-state index contributed by atoms with van der Waals surface area (Å²) in [6.07, 6.45) is 0. The SMILES string of the molecule is CNCc1ccc(Oc2ccc(Cl)cc2)c(C)c1. The van der Waals surface area contributed by atoms with Crippen molar-refractivity contribution in [1.29, 1.82) is 0 Å². The first kappa shape index (κ1) is 12.9. The fraction of sp³-hybridized carbons (Fsp3) is 0.200. The predicted molar refractivity (Wildman–Crippen MR) is 75.5 cm³/mol. The molecule has 0 aliphatic rings. The first-order valence-electron chi connectivity index (χ1n) is 5.86. The van der Waals surface area contributed by atoms with Crippen molar-refractivity contribution in [2.45, 2.75) is 13.5 Å². The zero-order chi connectivity index (χ0) is 13.0. The topological polar surface area (TPSA) is 21.3 Å². The van der Waals surface area contributed by atoms with Gasteiger partial charge in [-0.1, -0.05) is 23.7 Å². The van der Waals surface area contributed by atoms with Gasteiger partial charge in [-0.05, 0) is 55.4 Å². The Morgan fingerprint density at radius 1 is 1.11 bits per heavy atom. The molecule has 0 bridgehead atoms. The van der Waals surface area contributed by atoms with E-state index in [2.05, 4.69) is 17.4 Å². The summed E-state index contributed by atoms with van der Waals surface area (Å²) in [6, 6.07) is 13.6. The van der Waals surface area contributed by atoms with Gasteiger partial charge in [0.2, 0.25) is 0 Å². The zero-order valence-corrected chi connectivity index (χ0v) is 11.3. The van der Waals surface area contributed by atoms with Gasteiger partial charge < -0.3 is 10.1 Å². The molecule has 2 aromatic rings. The second-order valence-corrected chi connectivity index (χ2v) is 4.62. The Bertz CT molecular complexity index is 523. The number of rotatable bonds is 4. The zero-order valence-electron chi connectivity index (χ0n) is 10.5. The van der Waals surface area contributed by atoms with Crippen LogP contribution in [0, 0.1) is 6.92 Å². The molecule has 94 valence electrons. The predicted octanol–water partition coefficient (Wildman–Crippen LogP) is 4.16. The van der Waals surface area contributed by atoms with Crippen LogP contribution in [0.2, 0.25) is 5.02 Å². The normalized spacial score (nSPS) is 10.4. The number of aryl methyl sites for hydroxylation is 1. The molecule has 2 nitrogen and oxygen atoms in total. The van der Waals surface area contributed by atoms with E-state index < -0.39 is 0 Å². The number of hydrogen-bond donors (Lipinski definition) is 1. The van der Waals surface area contributed by atoms with Crippen LogP contribution < -0.4 is 10.1 Å². The first-order valence-corrected chi connectivity index (χ1v) is 6.24. The number of nitrogens with one attached hydrogen (secondary N) is 1. The van der Waals surface area contributed by atoms with Gasteiger partial charge in [-0.15, -0.1) is 0 Å². The summed E-state index contributed by atoms with van der Waals surface area (Å²) in [5.41, 5.74) is 2.37. The molecule has 0 fully saturated rings. The third-order valence-corrected chi connectivity index (χ3v) is 2.91. The van der Waals surface area contributed by atoms with E-state index in [0.29, 0.717) is 5.02 Å². The Balaban J connectivity index is 2.16. The van der Waals surface area contributed by atoms with Crippen LogP contribution in [0.1, 0.15) is 11.1 Å². The molecular formula is C15H16ClNO. The van der Waals surface area contributed by atoms with Crippen molar-refractivity contribution in [3.63, 3.8) is 0 Å². The lowest BCUT2D eigenvalue weighted by Gasteiger charge is -2.10. The largest absolute Gasteiger partial charge is 0.457 e. The summed E-state index contributed by atoms with van der Waals surface area (Å²) in [5, 5.41) is 3.84. The quantitative estimate of drug-likeness (QED) is 0.892. The van der Waals surface area contributed by atoms with E-state index in [1.165, 1.54) is 5.56 Å². The molecule has 0 unspecified atom stereocenters. The highest BCUT2D eigenvalue weighted by Gasteiger charge is 2.02. The monoisotopic (exact) mass is 261 g/mol. The number of benzene rings is 2. The molecule has 0 aliphatic heterocycles. The molecular weight excluding hydrogens is 246 g/mol. The molecule has 0 saturated carbocycles. The van der Waals surface area contributed by atoms with Crippen molar-refractivity contribution >= 4 is 11.6 Å². The fourth-order valence-electron chi connectivity index (χ4n) is 1.77. The Hall–Kier alpha value is -1.51. The molecule has 0 radical (unpaired) electrons. The van der Waals surface area contributed by atoms with Gasteiger partial charge in [-0.3, -0.25) is 0 Å². The van der Waals surface area contributed by atoms with E-state index in [-0.39, 0.29) is 0 Å². The van der Waals surface area contributed by atoms with E-state index in [4.69, 9.17) is 16.3 Å². The summed E-state index contributed by atoms with van der Waals surface area (Å²) in [7, 11) is 1.94. The molecule has 0 spiro atoms. The molecule has 0 heterocycles. The summed E-state index contributed by atoms with van der Waals surface area (Å²) in [6.45, 7) is 2.91. The lowest BCUT2D eigenvalue weighted by molar-refractivity contribution is 0.478. The van der Waals surface area contributed by atoms with Crippen LogP contribution in [0.25, 0.3) is 0 Å². The average molecular weight is 262 g/mol. The highest BCUT2D eigenvalue weighted by Crippen LogP contribution is 2.26. The van der Waals surface area contributed by atoms with Gasteiger partial charge in [0.1, 0.15) is 11.5 Å². The molecule has 0 amide bonds. The molecule has 3 heteroatoms. The highest BCUT2D eigenvalue weighted by molar-refractivity contribution is 6.30. The first-order chi connectivity index (χ1) is 8.69. The van der Waals surface area contributed by atoms with Gasteiger partial charge in [-0.25, -0.2) is 0 Å². The third kappa shape index (κ3) is 3.25. The van der Waals surface area contributed by atoms with E-state index in [0.717, 1.165) is 23.6 Å². The van der Waals surface area contributed by atoms with Crippen molar-refractivity contribution in [2.24, 2.45) is 0 Å². The standard InChI is InChI=1S/C15H16ClNO/c1-11-9-12(10-17-2)3-8-15(11)18-14-6-4-13(16)5-7-14/h3-9,17H,10H2,1-2H3. The summed E-state index contributed by atoms with van der Waals surface area (Å²) < 4.78 is 5.82. The maximum absolute atomic E-state index is 5.84. The Labute approximate surface area is 113 Å². The Morgan fingerprint density at radius 2 is 1.83 bits per heavy atom. The maximum Gasteiger partial charge on any atom is 0.130 e. The number of halogens is 1. The van der Waals surface area contributed by atoms with Crippen LogP contribution in [0.15, 0.2) is 42.5 Å². The Morgan fingerprint density at radius 3 is 2.44 bits per heavy atom. The van der Waals surface area contributed by atoms with Crippen molar-refractivity contribution in [3.05, 3.63) is 58.6 Å². The van der Waals surface area contributed by atoms with Crippen molar-refractivity contribution in [3.8, 4) is 11.5 Å². The van der Waals surface area contributed by atoms with Crippen molar-refractivity contribution in [2.75, 3.05) is 7.05 Å². The van der Waals surface area contributed by atoms with Crippen LogP contribution in [-0.2, 0) is 6.54 Å². The van der Waals surface area contributed by atoms with Crippen LogP contribution in [-0.4, -0.2) is 7.05 Å². The minimum absolute atomic E-state index is 0.712. The molecule has 2 rings (SSSR count). The maximum atomic E-state index is 5.84. The van der Waals surface area contributed by atoms with Crippen molar-refractivity contribution in [1.82, 2.24) is 5.32 Å². The minimum atomic E-state index is 0.712. The highest BCUT2D eigenvalue weighted by atomic mass is 35.5. The second kappa shape index (κ2) is 5.89. The number of hydrogen-bond acceptors (Lipinski definition) is 2. The van der Waals surface area contributed by atoms with Gasteiger partial charge in [-0.2, -0.15) is 0 Å². The molecule has 0 aliphatic carbocycles. The molecule has 2 aromatic carbocycles. The van der Waals surface area contributed by atoms with E-state index >= 15 is 0 Å². The molecule has 0 saturated heterocycles. The summed E-state index contributed by atoms with van der Waals surface area (Å²) >= 11 is 5.84. The molecule has 18 heavy (non-hydrogen) atoms. The average Bonchev–Trinajstić information content (AvgIpc) is 2.36. The van der Waals surface area contributed by atoms with Gasteiger partial charge in [0.05, 0.1) is 0 Å². The number of ether oxygens (including phenoxy) is 1. The van der Waals surface area contributed by atoms with Gasteiger partial charge in [0, 0.05) is 11.6 Å². The van der Waals surface area contributed by atoms with E-state index in [9.17, 15) is 0 Å². The van der Waals surface area contributed by atoms with Crippen LogP contribution >= 0.6 is 11.6 Å². The third-order valence-electron chi connectivity index (χ3n) is 2.66. The van der Waals surface area contributed by atoms with Gasteiger partial charge >= 0.3 is 0 Å². The molecule has 0 aromatic heterocycles. The van der Waals surface area contributed by atoms with Gasteiger partial charge in [0.25, 0.3) is 0 Å². The van der Waals surface area contributed by atoms with E-state index in [1.807, 2.05) is 44.3 Å². The summed E-state index contributed by atoms with van der Waals surface area (Å²) in [5.74, 6) is 1.67. The van der Waals surface area contributed by atoms with Crippen LogP contribution in [0.3, 0.4) is 0 Å².